The van der Waals surface area contributed by atoms with Gasteiger partial charge in [0, 0.05) is 17.2 Å². The number of rotatable bonds is 4. The number of hydrogen-bond donors (Lipinski definition) is 0. The lowest BCUT2D eigenvalue weighted by atomic mass is 9.85. The Hall–Kier alpha value is -3.52. The van der Waals surface area contributed by atoms with Crippen LogP contribution in [0.15, 0.2) is 109 Å². The fourth-order valence-electron chi connectivity index (χ4n) is 3.40. The van der Waals surface area contributed by atoms with Crippen LogP contribution in [0.1, 0.15) is 22.3 Å². The largest absolute Gasteiger partial charge is 0.207 e. The molecule has 4 aromatic rings. The molecule has 0 fully saturated rings. The van der Waals surface area contributed by atoms with Gasteiger partial charge in [0.05, 0.1) is 0 Å². The summed E-state index contributed by atoms with van der Waals surface area (Å²) in [7, 11) is 0. The molecule has 0 aliphatic rings. The van der Waals surface area contributed by atoms with Crippen molar-refractivity contribution in [1.29, 1.82) is 0 Å². The van der Waals surface area contributed by atoms with Gasteiger partial charge in [-0.2, -0.15) is 0 Å². The maximum Gasteiger partial charge on any atom is 0.133 e. The second-order valence-electron chi connectivity index (χ2n) is 6.47. The van der Waals surface area contributed by atoms with E-state index in [0.717, 1.165) is 33.9 Å². The first-order valence-corrected chi connectivity index (χ1v) is 9.10. The van der Waals surface area contributed by atoms with E-state index in [1.165, 1.54) is 12.1 Å². The monoisotopic (exact) mass is 368 g/mol. The second kappa shape index (κ2) is 8.01. The molecule has 0 spiro atoms. The quantitative estimate of drug-likeness (QED) is 0.341. The predicted octanol–water partition coefficient (Wildman–Crippen LogP) is 6.97. The van der Waals surface area contributed by atoms with Gasteiger partial charge < -0.3 is 0 Å². The summed E-state index contributed by atoms with van der Waals surface area (Å²) >= 11 is 0. The van der Waals surface area contributed by atoms with Crippen molar-refractivity contribution in [3.8, 4) is 0 Å². The van der Waals surface area contributed by atoms with E-state index in [0.29, 0.717) is 5.56 Å². The van der Waals surface area contributed by atoms with Crippen LogP contribution in [-0.2, 0) is 0 Å². The van der Waals surface area contributed by atoms with Crippen LogP contribution in [0, 0.1) is 11.6 Å². The maximum atomic E-state index is 14.9. The molecule has 0 amide bonds. The van der Waals surface area contributed by atoms with E-state index in [1.54, 1.807) is 0 Å². The molecule has 0 unspecified atom stereocenters. The third-order valence-electron chi connectivity index (χ3n) is 4.64. The standard InChI is InChI=1S/C26H18F2/c27-22-16-17-23(24(28)18-22)26(21-14-8-3-9-15-21)25(19-10-4-1-5-11-19)20-12-6-2-7-13-20/h1-18H. The van der Waals surface area contributed by atoms with Crippen LogP contribution < -0.4 is 0 Å². The molecule has 0 N–H and O–H groups in total. The highest BCUT2D eigenvalue weighted by Gasteiger charge is 2.18. The van der Waals surface area contributed by atoms with Crippen molar-refractivity contribution in [2.45, 2.75) is 0 Å². The summed E-state index contributed by atoms with van der Waals surface area (Å²) in [5, 5.41) is 0. The van der Waals surface area contributed by atoms with Crippen molar-refractivity contribution < 1.29 is 8.78 Å². The van der Waals surface area contributed by atoms with Crippen molar-refractivity contribution in [3.63, 3.8) is 0 Å². The first-order valence-electron chi connectivity index (χ1n) is 9.10. The molecule has 0 aliphatic heterocycles. The Balaban J connectivity index is 2.12. The molecule has 0 nitrogen and oxygen atoms in total. The van der Waals surface area contributed by atoms with Crippen LogP contribution in [0.4, 0.5) is 8.78 Å². The van der Waals surface area contributed by atoms with E-state index < -0.39 is 11.6 Å². The first kappa shape index (κ1) is 17.9. The van der Waals surface area contributed by atoms with Crippen LogP contribution in [0.2, 0.25) is 0 Å². The Bertz CT molecular complexity index is 1060. The topological polar surface area (TPSA) is 0 Å². The minimum absolute atomic E-state index is 0.371. The zero-order valence-corrected chi connectivity index (χ0v) is 15.1. The second-order valence-corrected chi connectivity index (χ2v) is 6.47. The predicted molar refractivity (Wildman–Crippen MR) is 111 cm³/mol. The Morgan fingerprint density at radius 1 is 0.464 bits per heavy atom. The zero-order chi connectivity index (χ0) is 19.3. The lowest BCUT2D eigenvalue weighted by Crippen LogP contribution is -2.00. The number of halogens is 2. The molecule has 0 atom stereocenters. The molecule has 4 aromatic carbocycles. The minimum Gasteiger partial charge on any atom is -0.207 e. The van der Waals surface area contributed by atoms with Gasteiger partial charge in [0.15, 0.2) is 0 Å². The maximum absolute atomic E-state index is 14.9. The highest BCUT2D eigenvalue weighted by molar-refractivity contribution is 6.04. The summed E-state index contributed by atoms with van der Waals surface area (Å²) in [6.45, 7) is 0. The van der Waals surface area contributed by atoms with Crippen molar-refractivity contribution in [2.24, 2.45) is 0 Å². The van der Waals surface area contributed by atoms with Crippen LogP contribution in [0.3, 0.4) is 0 Å². The molecule has 0 aliphatic carbocycles. The van der Waals surface area contributed by atoms with Crippen LogP contribution >= 0.6 is 0 Å². The summed E-state index contributed by atoms with van der Waals surface area (Å²) in [5.74, 6) is -1.17. The summed E-state index contributed by atoms with van der Waals surface area (Å²) in [6, 6.07) is 33.2. The van der Waals surface area contributed by atoms with E-state index in [4.69, 9.17) is 0 Å². The van der Waals surface area contributed by atoms with Gasteiger partial charge in [-0.1, -0.05) is 91.0 Å². The molecular formula is C26H18F2. The van der Waals surface area contributed by atoms with E-state index in [1.807, 2.05) is 91.0 Å². The Morgan fingerprint density at radius 2 is 0.893 bits per heavy atom. The van der Waals surface area contributed by atoms with Gasteiger partial charge in [-0.3, -0.25) is 0 Å². The molecule has 0 aromatic heterocycles. The van der Waals surface area contributed by atoms with Gasteiger partial charge >= 0.3 is 0 Å². The molecular weight excluding hydrogens is 350 g/mol. The van der Waals surface area contributed by atoms with E-state index in [2.05, 4.69) is 0 Å². The molecule has 2 heteroatoms. The van der Waals surface area contributed by atoms with Gasteiger partial charge in [0.1, 0.15) is 11.6 Å². The normalized spacial score (nSPS) is 10.5. The SMILES string of the molecule is Fc1ccc(C(=C(c2ccccc2)c2ccccc2)c2ccccc2)c(F)c1. The Morgan fingerprint density at radius 3 is 1.32 bits per heavy atom. The third kappa shape index (κ3) is 3.63. The lowest BCUT2D eigenvalue weighted by Gasteiger charge is -2.18. The molecule has 136 valence electrons. The molecule has 28 heavy (non-hydrogen) atoms. The third-order valence-corrected chi connectivity index (χ3v) is 4.64. The van der Waals surface area contributed by atoms with E-state index in [-0.39, 0.29) is 0 Å². The summed E-state index contributed by atoms with van der Waals surface area (Å²) in [5.41, 5.74) is 4.81. The van der Waals surface area contributed by atoms with Gasteiger partial charge in [0.25, 0.3) is 0 Å². The van der Waals surface area contributed by atoms with Crippen molar-refractivity contribution in [3.05, 3.63) is 143 Å². The lowest BCUT2D eigenvalue weighted by molar-refractivity contribution is 0.581. The smallest absolute Gasteiger partial charge is 0.133 e. The van der Waals surface area contributed by atoms with Crippen LogP contribution in [0.25, 0.3) is 11.1 Å². The summed E-state index contributed by atoms with van der Waals surface area (Å²) in [6.07, 6.45) is 0. The average molecular weight is 368 g/mol. The first-order chi connectivity index (χ1) is 13.7. The fraction of sp³-hybridized carbons (Fsp3) is 0. The number of benzene rings is 4. The fourth-order valence-corrected chi connectivity index (χ4v) is 3.40. The molecule has 0 heterocycles. The molecule has 0 saturated carbocycles. The van der Waals surface area contributed by atoms with Gasteiger partial charge in [-0.15, -0.1) is 0 Å². The molecule has 0 radical (unpaired) electrons. The molecule has 0 bridgehead atoms. The number of hydrogen-bond acceptors (Lipinski definition) is 0. The van der Waals surface area contributed by atoms with Crippen molar-refractivity contribution in [2.75, 3.05) is 0 Å². The minimum atomic E-state index is -0.588. The Labute approximate surface area is 163 Å². The highest BCUT2D eigenvalue weighted by atomic mass is 19.1. The van der Waals surface area contributed by atoms with Crippen molar-refractivity contribution >= 4 is 11.1 Å². The van der Waals surface area contributed by atoms with Crippen LogP contribution in [-0.4, -0.2) is 0 Å². The van der Waals surface area contributed by atoms with Crippen LogP contribution in [0.5, 0.6) is 0 Å². The Kier molecular flexibility index (Phi) is 5.11. The highest BCUT2D eigenvalue weighted by Crippen LogP contribution is 2.37. The average Bonchev–Trinajstić information content (AvgIpc) is 2.74. The van der Waals surface area contributed by atoms with E-state index >= 15 is 0 Å². The molecule has 4 rings (SSSR count). The summed E-state index contributed by atoms with van der Waals surface area (Å²) < 4.78 is 28.5. The molecule has 0 saturated heterocycles. The van der Waals surface area contributed by atoms with E-state index in [9.17, 15) is 8.78 Å². The van der Waals surface area contributed by atoms with Crippen molar-refractivity contribution in [1.82, 2.24) is 0 Å². The van der Waals surface area contributed by atoms with Gasteiger partial charge in [0.2, 0.25) is 0 Å². The van der Waals surface area contributed by atoms with Gasteiger partial charge in [-0.05, 0) is 34.4 Å². The zero-order valence-electron chi connectivity index (χ0n) is 15.1. The van der Waals surface area contributed by atoms with Gasteiger partial charge in [-0.25, -0.2) is 8.78 Å². The summed E-state index contributed by atoms with van der Waals surface area (Å²) in [4.78, 5) is 0.